The molecule has 4 saturated heterocycles. The summed E-state index contributed by atoms with van der Waals surface area (Å²) < 4.78 is 79.1. The molecule has 12 rings (SSSR count). The number of rotatable bonds is 30. The minimum atomic E-state index is -0.591. The molecule has 458 valence electrons. The maximum atomic E-state index is 7.59. The van der Waals surface area contributed by atoms with Crippen molar-refractivity contribution < 1.29 is 52.1 Å². The lowest BCUT2D eigenvalue weighted by molar-refractivity contribution is -0.279. The zero-order valence-corrected chi connectivity index (χ0v) is 50.1. The highest BCUT2D eigenvalue weighted by molar-refractivity contribution is 5.20. The normalized spacial score (nSPS) is 26.2. The van der Waals surface area contributed by atoms with Gasteiger partial charge >= 0.3 is 0 Å². The van der Waals surface area contributed by atoms with Gasteiger partial charge in [-0.1, -0.05) is 243 Å². The number of hydrogen-bond acceptors (Lipinski definition) is 12. The summed E-state index contributed by atoms with van der Waals surface area (Å²) in [5.41, 5.74) is 8.43. The topological polar surface area (TPSA) is 105 Å². The predicted octanol–water partition coefficient (Wildman–Crippen LogP) is 13.4. The van der Waals surface area contributed by atoms with Crippen molar-refractivity contribution in [1.29, 1.82) is 0 Å². The lowest BCUT2D eigenvalue weighted by Crippen LogP contribution is -2.63. The minimum Gasteiger partial charge on any atom is -0.374 e. The van der Waals surface area contributed by atoms with Crippen molar-refractivity contribution in [3.05, 3.63) is 287 Å². The van der Waals surface area contributed by atoms with Crippen LogP contribution in [0.25, 0.3) is 0 Å². The standard InChI is InChI=1S/C76H83NO11/c1-9-26-56(27-10-1)46-78-54-68-73(82-50-60-34-17-5-18-35-60)75(84-52-62-38-21-7-22-39-62)71(80-48-58-30-13-3-14-31-58)66(86-68)44-64-65(88-70-42-25-43-77(64)70)45-67-72(81-49-59-32-15-4-16-33-59)76(85-53-63-40-23-8-24-41-63)74(83-51-61-36-19-6-20-37-61)69(87-67)55-79-47-57-28-11-2-12-29-57/h1-24,26-41,64-76H,25,42-55H2/t64?,65?,66-,67-,68+,69+,70?,71-,72-,73-,74-,75+,76+/m0/s1. The molecule has 4 heterocycles. The van der Waals surface area contributed by atoms with Gasteiger partial charge in [0.15, 0.2) is 0 Å². The Bertz CT molecular complexity index is 3210. The van der Waals surface area contributed by atoms with E-state index < -0.39 is 61.0 Å². The van der Waals surface area contributed by atoms with Gasteiger partial charge in [0, 0.05) is 19.0 Å². The highest BCUT2D eigenvalue weighted by atomic mass is 16.6. The molecule has 4 aliphatic rings. The van der Waals surface area contributed by atoms with E-state index in [1.807, 2.05) is 133 Å². The smallest absolute Gasteiger partial charge is 0.115 e. The molecule has 0 aliphatic carbocycles. The van der Waals surface area contributed by atoms with Gasteiger partial charge in [0.25, 0.3) is 0 Å². The van der Waals surface area contributed by atoms with E-state index in [0.29, 0.717) is 65.7 Å². The van der Waals surface area contributed by atoms with Crippen molar-refractivity contribution in [1.82, 2.24) is 4.90 Å². The molecular weight excluding hydrogens is 1100 g/mol. The van der Waals surface area contributed by atoms with Crippen LogP contribution in [0.5, 0.6) is 0 Å². The van der Waals surface area contributed by atoms with Gasteiger partial charge in [-0.15, -0.1) is 0 Å². The molecule has 0 spiro atoms. The van der Waals surface area contributed by atoms with Crippen LogP contribution < -0.4 is 0 Å². The highest BCUT2D eigenvalue weighted by Gasteiger charge is 2.55. The third-order valence-electron chi connectivity index (χ3n) is 17.3. The van der Waals surface area contributed by atoms with Crippen LogP contribution in [0.2, 0.25) is 0 Å². The summed E-state index contributed by atoms with van der Waals surface area (Å²) in [6, 6.07) is 82.3. The van der Waals surface area contributed by atoms with E-state index in [1.54, 1.807) is 0 Å². The molecular formula is C76H83NO11. The summed E-state index contributed by atoms with van der Waals surface area (Å²) in [6.07, 6.45) is -2.99. The second-order valence-electron chi connectivity index (χ2n) is 23.5. The maximum Gasteiger partial charge on any atom is 0.115 e. The monoisotopic (exact) mass is 1190 g/mol. The van der Waals surface area contributed by atoms with Crippen LogP contribution in [0.4, 0.5) is 0 Å². The first-order chi connectivity index (χ1) is 43.6. The number of ether oxygens (including phenoxy) is 11. The van der Waals surface area contributed by atoms with Crippen molar-refractivity contribution in [3.63, 3.8) is 0 Å². The molecule has 8 aromatic rings. The van der Waals surface area contributed by atoms with Gasteiger partial charge in [-0.25, -0.2) is 0 Å². The SMILES string of the molecule is c1ccc(COC[C@H]2O[C@@H](CC3OC4CCCN4C3C[C@@H]3O[C@H](COCc4ccccc4)[C@H](OCc4ccccc4)[C@H](OCc4ccccc4)[C@H]3OCc3ccccc3)[C@H](OCc3ccccc3)[C@@H](OCc3ccccc3)[C@H]2OCc2ccccc2)cc1. The van der Waals surface area contributed by atoms with Crippen molar-refractivity contribution in [3.8, 4) is 0 Å². The molecule has 3 unspecified atom stereocenters. The Labute approximate surface area is 519 Å². The second kappa shape index (κ2) is 32.1. The lowest BCUT2D eigenvalue weighted by atomic mass is 9.86. The van der Waals surface area contributed by atoms with Crippen molar-refractivity contribution in [2.75, 3.05) is 19.8 Å². The molecule has 4 aliphatic heterocycles. The largest absolute Gasteiger partial charge is 0.374 e. The maximum absolute atomic E-state index is 7.59. The van der Waals surface area contributed by atoms with E-state index in [-0.39, 0.29) is 31.6 Å². The number of benzene rings is 8. The molecule has 4 fully saturated rings. The van der Waals surface area contributed by atoms with Gasteiger partial charge in [-0.3, -0.25) is 4.90 Å². The third-order valence-corrected chi connectivity index (χ3v) is 17.3. The zero-order valence-electron chi connectivity index (χ0n) is 50.1. The molecule has 0 saturated carbocycles. The first kappa shape index (κ1) is 61.5. The second-order valence-corrected chi connectivity index (χ2v) is 23.5. The van der Waals surface area contributed by atoms with Crippen molar-refractivity contribution in [2.45, 2.75) is 158 Å². The van der Waals surface area contributed by atoms with Crippen LogP contribution in [0, 0.1) is 0 Å². The van der Waals surface area contributed by atoms with E-state index >= 15 is 0 Å². The van der Waals surface area contributed by atoms with Gasteiger partial charge in [-0.2, -0.15) is 0 Å². The molecule has 0 amide bonds. The Morgan fingerprint density at radius 3 is 0.875 bits per heavy atom. The van der Waals surface area contributed by atoms with Crippen LogP contribution in [-0.4, -0.2) is 104 Å². The van der Waals surface area contributed by atoms with Crippen LogP contribution in [-0.2, 0) is 105 Å². The van der Waals surface area contributed by atoms with Crippen molar-refractivity contribution in [2.24, 2.45) is 0 Å². The van der Waals surface area contributed by atoms with E-state index in [4.69, 9.17) is 52.1 Å². The van der Waals surface area contributed by atoms with Crippen LogP contribution in [0.1, 0.15) is 70.2 Å². The van der Waals surface area contributed by atoms with Gasteiger partial charge in [0.2, 0.25) is 0 Å². The van der Waals surface area contributed by atoms with E-state index in [9.17, 15) is 0 Å². The third kappa shape index (κ3) is 17.0. The Kier molecular flexibility index (Phi) is 22.5. The molecule has 0 aromatic heterocycles. The molecule has 0 bridgehead atoms. The molecule has 12 nitrogen and oxygen atoms in total. The fourth-order valence-corrected chi connectivity index (χ4v) is 12.9. The molecule has 12 heteroatoms. The van der Waals surface area contributed by atoms with E-state index in [0.717, 1.165) is 63.9 Å². The van der Waals surface area contributed by atoms with Gasteiger partial charge < -0.3 is 52.1 Å². The fraction of sp³-hybridized carbons (Fsp3) is 0.368. The lowest BCUT2D eigenvalue weighted by Gasteiger charge is -2.48. The average molecular weight is 1190 g/mol. The van der Waals surface area contributed by atoms with Crippen LogP contribution >= 0.6 is 0 Å². The first-order valence-corrected chi connectivity index (χ1v) is 31.5. The van der Waals surface area contributed by atoms with E-state index in [1.165, 1.54) is 0 Å². The Morgan fingerprint density at radius 1 is 0.284 bits per heavy atom. The highest BCUT2D eigenvalue weighted by Crippen LogP contribution is 2.42. The number of fused-ring (bicyclic) bond motifs is 1. The summed E-state index contributed by atoms with van der Waals surface area (Å²) in [5, 5.41) is 0. The Hall–Kier alpha value is -6.72. The summed E-state index contributed by atoms with van der Waals surface area (Å²) in [4.78, 5) is 2.55. The minimum absolute atomic E-state index is 0.0938. The Balaban J connectivity index is 0.896. The summed E-state index contributed by atoms with van der Waals surface area (Å²) in [7, 11) is 0. The molecule has 8 aromatic carbocycles. The quantitative estimate of drug-likeness (QED) is 0.0428. The van der Waals surface area contributed by atoms with Gasteiger partial charge in [-0.05, 0) is 63.8 Å². The molecule has 88 heavy (non-hydrogen) atoms. The average Bonchev–Trinajstić information content (AvgIpc) is 1.89. The Morgan fingerprint density at radius 2 is 0.557 bits per heavy atom. The molecule has 0 radical (unpaired) electrons. The number of hydrogen-bond donors (Lipinski definition) is 0. The first-order valence-electron chi connectivity index (χ1n) is 31.5. The van der Waals surface area contributed by atoms with E-state index in [2.05, 4.69) is 114 Å². The molecule has 0 N–H and O–H groups in total. The molecule has 13 atom stereocenters. The van der Waals surface area contributed by atoms with Crippen molar-refractivity contribution >= 4 is 0 Å². The zero-order chi connectivity index (χ0) is 59.4. The fourth-order valence-electron chi connectivity index (χ4n) is 12.9. The predicted molar refractivity (Wildman–Crippen MR) is 337 cm³/mol. The van der Waals surface area contributed by atoms with Crippen LogP contribution in [0.15, 0.2) is 243 Å². The summed E-state index contributed by atoms with van der Waals surface area (Å²) >= 11 is 0. The van der Waals surface area contributed by atoms with Gasteiger partial charge in [0.05, 0.1) is 84.4 Å². The summed E-state index contributed by atoms with van der Waals surface area (Å²) in [5.74, 6) is 0. The van der Waals surface area contributed by atoms with Crippen LogP contribution in [0.3, 0.4) is 0 Å². The summed E-state index contributed by atoms with van der Waals surface area (Å²) in [6.45, 7) is 4.28. The van der Waals surface area contributed by atoms with Gasteiger partial charge in [0.1, 0.15) is 55.1 Å². The number of nitrogens with zero attached hydrogens (tertiary/aromatic N) is 1.